The van der Waals surface area contributed by atoms with Crippen LogP contribution < -0.4 is 10.2 Å². The predicted octanol–water partition coefficient (Wildman–Crippen LogP) is 1.97. The first-order chi connectivity index (χ1) is 7.79. The molecule has 1 aromatic heterocycles. The number of aromatic nitrogens is 1. The summed E-state index contributed by atoms with van der Waals surface area (Å²) >= 11 is 0. The first-order valence-corrected chi connectivity index (χ1v) is 6.20. The van der Waals surface area contributed by atoms with E-state index in [-0.39, 0.29) is 0 Å². The summed E-state index contributed by atoms with van der Waals surface area (Å²) in [6, 6.07) is 4.97. The molecule has 3 nitrogen and oxygen atoms in total. The molecule has 0 aliphatic carbocycles. The van der Waals surface area contributed by atoms with Gasteiger partial charge in [0.2, 0.25) is 0 Å². The minimum Gasteiger partial charge on any atom is -0.357 e. The Kier molecular flexibility index (Phi) is 3.78. The predicted molar refractivity (Wildman–Crippen MR) is 67.9 cm³/mol. The molecule has 3 heteroatoms. The van der Waals surface area contributed by atoms with Gasteiger partial charge in [0.1, 0.15) is 5.82 Å². The molecule has 0 atom stereocenters. The molecule has 1 saturated heterocycles. The highest BCUT2D eigenvalue weighted by atomic mass is 15.2. The van der Waals surface area contributed by atoms with Crippen molar-refractivity contribution in [3.05, 3.63) is 23.9 Å². The van der Waals surface area contributed by atoms with E-state index in [0.717, 1.165) is 25.5 Å². The molecule has 0 radical (unpaired) electrons. The molecule has 2 rings (SSSR count). The molecule has 0 amide bonds. The van der Waals surface area contributed by atoms with Crippen LogP contribution in [0.1, 0.15) is 25.3 Å². The van der Waals surface area contributed by atoms with Gasteiger partial charge in [-0.2, -0.15) is 0 Å². The lowest BCUT2D eigenvalue weighted by molar-refractivity contribution is 0.422. The third-order valence-corrected chi connectivity index (χ3v) is 3.21. The van der Waals surface area contributed by atoms with Gasteiger partial charge in [-0.1, -0.05) is 13.0 Å². The fourth-order valence-electron chi connectivity index (χ4n) is 2.25. The van der Waals surface area contributed by atoms with Gasteiger partial charge in [-0.3, -0.25) is 0 Å². The van der Waals surface area contributed by atoms with Crippen molar-refractivity contribution < 1.29 is 0 Å². The normalized spacial score (nSPS) is 17.8. The summed E-state index contributed by atoms with van der Waals surface area (Å²) in [6.45, 7) is 7.57. The molecule has 1 fully saturated rings. The summed E-state index contributed by atoms with van der Waals surface area (Å²) in [5, 5.41) is 3.52. The summed E-state index contributed by atoms with van der Waals surface area (Å²) in [4.78, 5) is 6.86. The van der Waals surface area contributed by atoms with Crippen LogP contribution in [0.3, 0.4) is 0 Å². The SMILES string of the molecule is CCNC1CCN(c2ccc(C)cn2)CC1. The number of aryl methyl sites for hydroxylation is 1. The number of rotatable bonds is 3. The minimum atomic E-state index is 0.701. The van der Waals surface area contributed by atoms with Crippen molar-refractivity contribution >= 4 is 5.82 Å². The van der Waals surface area contributed by atoms with Crippen molar-refractivity contribution in [1.29, 1.82) is 0 Å². The van der Waals surface area contributed by atoms with Crippen LogP contribution in [-0.2, 0) is 0 Å². The Morgan fingerprint density at radius 3 is 2.69 bits per heavy atom. The van der Waals surface area contributed by atoms with E-state index in [1.165, 1.54) is 18.4 Å². The topological polar surface area (TPSA) is 28.2 Å². The Morgan fingerprint density at radius 2 is 2.12 bits per heavy atom. The second-order valence-corrected chi connectivity index (χ2v) is 4.51. The van der Waals surface area contributed by atoms with Crippen molar-refractivity contribution in [2.45, 2.75) is 32.7 Å². The third kappa shape index (κ3) is 2.73. The van der Waals surface area contributed by atoms with Crippen LogP contribution in [-0.4, -0.2) is 30.7 Å². The molecule has 16 heavy (non-hydrogen) atoms. The third-order valence-electron chi connectivity index (χ3n) is 3.21. The van der Waals surface area contributed by atoms with E-state index in [0.29, 0.717) is 6.04 Å². The fourth-order valence-corrected chi connectivity index (χ4v) is 2.25. The molecule has 0 spiro atoms. The van der Waals surface area contributed by atoms with Crippen LogP contribution in [0, 0.1) is 6.92 Å². The number of anilines is 1. The lowest BCUT2D eigenvalue weighted by Gasteiger charge is -2.33. The van der Waals surface area contributed by atoms with Crippen molar-refractivity contribution in [3.8, 4) is 0 Å². The molecule has 1 N–H and O–H groups in total. The standard InChI is InChI=1S/C13H21N3/c1-3-14-12-6-8-16(9-7-12)13-5-4-11(2)10-15-13/h4-5,10,12,14H,3,6-9H2,1-2H3. The molecular formula is C13H21N3. The van der Waals surface area contributed by atoms with E-state index in [1.807, 2.05) is 6.20 Å². The van der Waals surface area contributed by atoms with Gasteiger partial charge in [-0.15, -0.1) is 0 Å². The first kappa shape index (κ1) is 11.4. The van der Waals surface area contributed by atoms with Gasteiger partial charge >= 0.3 is 0 Å². The lowest BCUT2D eigenvalue weighted by Crippen LogP contribution is -2.42. The van der Waals surface area contributed by atoms with E-state index in [4.69, 9.17) is 0 Å². The molecule has 0 aromatic carbocycles. The highest BCUT2D eigenvalue weighted by molar-refractivity contribution is 5.39. The maximum atomic E-state index is 4.48. The summed E-state index contributed by atoms with van der Waals surface area (Å²) in [5.41, 5.74) is 1.23. The van der Waals surface area contributed by atoms with Crippen molar-refractivity contribution in [1.82, 2.24) is 10.3 Å². The Balaban J connectivity index is 1.91. The zero-order chi connectivity index (χ0) is 11.4. The summed E-state index contributed by atoms with van der Waals surface area (Å²) < 4.78 is 0. The number of hydrogen-bond acceptors (Lipinski definition) is 3. The zero-order valence-corrected chi connectivity index (χ0v) is 10.2. The fraction of sp³-hybridized carbons (Fsp3) is 0.615. The molecule has 1 aromatic rings. The number of pyridine rings is 1. The minimum absolute atomic E-state index is 0.701. The van der Waals surface area contributed by atoms with Gasteiger partial charge < -0.3 is 10.2 Å². The molecule has 0 unspecified atom stereocenters. The Labute approximate surface area is 97.9 Å². The van der Waals surface area contributed by atoms with Gasteiger partial charge in [0.25, 0.3) is 0 Å². The van der Waals surface area contributed by atoms with Crippen LogP contribution in [0.4, 0.5) is 5.82 Å². The van der Waals surface area contributed by atoms with Gasteiger partial charge in [-0.25, -0.2) is 4.98 Å². The van der Waals surface area contributed by atoms with Crippen molar-refractivity contribution in [2.24, 2.45) is 0 Å². The molecule has 1 aliphatic rings. The van der Waals surface area contributed by atoms with Crippen molar-refractivity contribution in [3.63, 3.8) is 0 Å². The molecule has 88 valence electrons. The van der Waals surface area contributed by atoms with E-state index in [1.54, 1.807) is 0 Å². The van der Waals surface area contributed by atoms with Crippen molar-refractivity contribution in [2.75, 3.05) is 24.5 Å². The van der Waals surface area contributed by atoms with E-state index in [2.05, 4.69) is 41.2 Å². The highest BCUT2D eigenvalue weighted by Crippen LogP contribution is 2.17. The number of piperidine rings is 1. The Morgan fingerprint density at radius 1 is 1.38 bits per heavy atom. The monoisotopic (exact) mass is 219 g/mol. The summed E-state index contributed by atoms with van der Waals surface area (Å²) in [7, 11) is 0. The van der Waals surface area contributed by atoms with E-state index < -0.39 is 0 Å². The Bertz CT molecular complexity index is 312. The maximum Gasteiger partial charge on any atom is 0.128 e. The zero-order valence-electron chi connectivity index (χ0n) is 10.2. The molecule has 1 aliphatic heterocycles. The molecule has 2 heterocycles. The van der Waals surface area contributed by atoms with Gasteiger partial charge in [0.05, 0.1) is 0 Å². The number of nitrogens with one attached hydrogen (secondary N) is 1. The van der Waals surface area contributed by atoms with Gasteiger partial charge in [0.15, 0.2) is 0 Å². The first-order valence-electron chi connectivity index (χ1n) is 6.20. The maximum absolute atomic E-state index is 4.48. The van der Waals surface area contributed by atoms with E-state index in [9.17, 15) is 0 Å². The largest absolute Gasteiger partial charge is 0.357 e. The van der Waals surface area contributed by atoms with Crippen LogP contribution in [0.2, 0.25) is 0 Å². The van der Waals surface area contributed by atoms with Gasteiger partial charge in [0, 0.05) is 25.3 Å². The lowest BCUT2D eigenvalue weighted by atomic mass is 10.1. The average molecular weight is 219 g/mol. The highest BCUT2D eigenvalue weighted by Gasteiger charge is 2.18. The molecule has 0 bridgehead atoms. The number of hydrogen-bond donors (Lipinski definition) is 1. The summed E-state index contributed by atoms with van der Waals surface area (Å²) in [5.74, 6) is 1.13. The quantitative estimate of drug-likeness (QED) is 0.842. The van der Waals surface area contributed by atoms with Crippen LogP contribution in [0.5, 0.6) is 0 Å². The van der Waals surface area contributed by atoms with E-state index >= 15 is 0 Å². The number of nitrogens with zero attached hydrogens (tertiary/aromatic N) is 2. The van der Waals surface area contributed by atoms with Gasteiger partial charge in [-0.05, 0) is 37.9 Å². The Hall–Kier alpha value is -1.09. The molecular weight excluding hydrogens is 198 g/mol. The summed E-state index contributed by atoms with van der Waals surface area (Å²) in [6.07, 6.45) is 4.40. The smallest absolute Gasteiger partial charge is 0.128 e. The average Bonchev–Trinajstić information content (AvgIpc) is 2.32. The molecule has 0 saturated carbocycles. The second kappa shape index (κ2) is 5.30. The van der Waals surface area contributed by atoms with Crippen LogP contribution >= 0.6 is 0 Å². The van der Waals surface area contributed by atoms with Crippen LogP contribution in [0.15, 0.2) is 18.3 Å². The van der Waals surface area contributed by atoms with Crippen LogP contribution in [0.25, 0.3) is 0 Å². The second-order valence-electron chi connectivity index (χ2n) is 4.51.